The third-order valence-corrected chi connectivity index (χ3v) is 5.82. The average molecular weight is 393 g/mol. The monoisotopic (exact) mass is 392 g/mol. The number of hydrogen-bond donors (Lipinski definition) is 2. The van der Waals surface area contributed by atoms with Gasteiger partial charge in [0.1, 0.15) is 5.82 Å². The first-order valence-electron chi connectivity index (χ1n) is 9.00. The molecule has 6 heteroatoms. The third kappa shape index (κ3) is 3.96. The molecule has 1 aliphatic rings. The fourth-order valence-electron chi connectivity index (χ4n) is 3.93. The summed E-state index contributed by atoms with van der Waals surface area (Å²) in [7, 11) is 0. The summed E-state index contributed by atoms with van der Waals surface area (Å²) >= 11 is 6.32. The molecule has 0 spiro atoms. The molecule has 0 fully saturated rings. The number of carboxylic acid groups (broad SMARTS) is 1. The second-order valence-corrected chi connectivity index (χ2v) is 8.93. The summed E-state index contributed by atoms with van der Waals surface area (Å²) in [5.41, 5.74) is 0.0707. The van der Waals surface area contributed by atoms with Crippen molar-refractivity contribution < 1.29 is 14.3 Å². The topological polar surface area (TPSA) is 73.1 Å². The molecule has 0 saturated carbocycles. The van der Waals surface area contributed by atoms with Crippen LogP contribution in [0.4, 0.5) is 4.39 Å². The van der Waals surface area contributed by atoms with Crippen LogP contribution in [0.2, 0.25) is 5.02 Å². The van der Waals surface area contributed by atoms with Gasteiger partial charge in [-0.05, 0) is 49.8 Å². The maximum atomic E-state index is 13.6. The molecule has 2 rings (SSSR count). The van der Waals surface area contributed by atoms with Crippen LogP contribution in [0.3, 0.4) is 0 Å². The number of nitriles is 1. The van der Waals surface area contributed by atoms with E-state index in [0.717, 1.165) is 0 Å². The Bertz CT molecular complexity index is 822. The van der Waals surface area contributed by atoms with E-state index in [2.05, 4.69) is 32.2 Å². The number of benzene rings is 1. The summed E-state index contributed by atoms with van der Waals surface area (Å²) in [6.45, 7) is 9.73. The van der Waals surface area contributed by atoms with Crippen molar-refractivity contribution >= 4 is 17.6 Å². The number of halogens is 2. The number of nitrogens with zero attached hydrogens (tertiary/aromatic N) is 1. The summed E-state index contributed by atoms with van der Waals surface area (Å²) in [5, 5.41) is 23.5. The number of hydrogen-bond acceptors (Lipinski definition) is 3. The zero-order valence-corrected chi connectivity index (χ0v) is 17.1. The quantitative estimate of drug-likeness (QED) is 0.733. The van der Waals surface area contributed by atoms with E-state index in [9.17, 15) is 19.6 Å². The van der Waals surface area contributed by atoms with Gasteiger partial charge in [-0.3, -0.25) is 4.79 Å². The average Bonchev–Trinajstić information content (AvgIpc) is 2.52. The van der Waals surface area contributed by atoms with E-state index in [1.54, 1.807) is 6.92 Å². The molecule has 0 radical (unpaired) electrons. The third-order valence-electron chi connectivity index (χ3n) is 5.49. The van der Waals surface area contributed by atoms with E-state index in [-0.39, 0.29) is 10.4 Å². The summed E-state index contributed by atoms with van der Waals surface area (Å²) < 4.78 is 13.6. The molecule has 4 nitrogen and oxygen atoms in total. The highest BCUT2D eigenvalue weighted by molar-refractivity contribution is 6.31. The molecule has 0 aromatic heterocycles. The highest BCUT2D eigenvalue weighted by atomic mass is 35.5. The van der Waals surface area contributed by atoms with Crippen molar-refractivity contribution in [2.45, 2.75) is 59.4 Å². The molecule has 27 heavy (non-hydrogen) atoms. The maximum absolute atomic E-state index is 13.6. The van der Waals surface area contributed by atoms with Gasteiger partial charge >= 0.3 is 5.97 Å². The minimum atomic E-state index is -1.28. The molecule has 146 valence electrons. The second-order valence-electron chi connectivity index (χ2n) is 8.52. The smallest absolute Gasteiger partial charge is 0.312 e. The highest BCUT2D eigenvalue weighted by Crippen LogP contribution is 2.53. The van der Waals surface area contributed by atoms with E-state index in [0.29, 0.717) is 29.7 Å². The van der Waals surface area contributed by atoms with Gasteiger partial charge in [0, 0.05) is 22.7 Å². The van der Waals surface area contributed by atoms with E-state index in [1.807, 2.05) is 6.92 Å². The number of carboxylic acids is 1. The fourth-order valence-corrected chi connectivity index (χ4v) is 4.21. The van der Waals surface area contributed by atoms with E-state index < -0.39 is 29.2 Å². The lowest BCUT2D eigenvalue weighted by molar-refractivity contribution is -0.153. The van der Waals surface area contributed by atoms with Gasteiger partial charge in [-0.25, -0.2) is 4.39 Å². The van der Waals surface area contributed by atoms with Crippen molar-refractivity contribution in [3.8, 4) is 6.07 Å². The van der Waals surface area contributed by atoms with E-state index in [1.165, 1.54) is 18.2 Å². The minimum absolute atomic E-state index is 0.0810. The van der Waals surface area contributed by atoms with Crippen LogP contribution in [0, 0.1) is 28.0 Å². The van der Waals surface area contributed by atoms with Gasteiger partial charge in [0.2, 0.25) is 0 Å². The summed E-state index contributed by atoms with van der Waals surface area (Å²) in [5.74, 6) is -2.25. The lowest BCUT2D eigenvalue weighted by Crippen LogP contribution is -2.56. The van der Waals surface area contributed by atoms with Crippen molar-refractivity contribution in [3.63, 3.8) is 0 Å². The Labute approximate surface area is 165 Å². The van der Waals surface area contributed by atoms with E-state index in [4.69, 9.17) is 11.6 Å². The van der Waals surface area contributed by atoms with Crippen LogP contribution < -0.4 is 5.32 Å². The predicted molar refractivity (Wildman–Crippen MR) is 104 cm³/mol. The van der Waals surface area contributed by atoms with Crippen molar-refractivity contribution in [2.75, 3.05) is 0 Å². The Balaban J connectivity index is 2.76. The Hall–Kier alpha value is -2.06. The number of nitrogens with one attached hydrogen (secondary N) is 1. The Morgan fingerprint density at radius 2 is 2.07 bits per heavy atom. The maximum Gasteiger partial charge on any atom is 0.312 e. The molecule has 0 bridgehead atoms. The summed E-state index contributed by atoms with van der Waals surface area (Å²) in [6, 6.07) is 5.67. The molecule has 3 atom stereocenters. The fraction of sp³-hybridized carbons (Fsp3) is 0.524. The Kier molecular flexibility index (Phi) is 5.91. The molecule has 0 saturated heterocycles. The Morgan fingerprint density at radius 3 is 2.56 bits per heavy atom. The first kappa shape index (κ1) is 21.2. The second kappa shape index (κ2) is 7.52. The number of aliphatic carboxylic acids is 1. The lowest BCUT2D eigenvalue weighted by atomic mass is 9.59. The summed E-state index contributed by atoms with van der Waals surface area (Å²) in [4.78, 5) is 12.6. The van der Waals surface area contributed by atoms with Gasteiger partial charge in [0.05, 0.1) is 17.1 Å². The highest BCUT2D eigenvalue weighted by Gasteiger charge is 2.55. The first-order chi connectivity index (χ1) is 12.4. The van der Waals surface area contributed by atoms with Crippen LogP contribution in [0.5, 0.6) is 0 Å². The van der Waals surface area contributed by atoms with Crippen molar-refractivity contribution in [1.82, 2.24) is 5.32 Å². The van der Waals surface area contributed by atoms with Gasteiger partial charge in [-0.15, -0.1) is 0 Å². The summed E-state index contributed by atoms with van der Waals surface area (Å²) in [6.07, 6.45) is 1.01. The van der Waals surface area contributed by atoms with Crippen LogP contribution in [-0.2, 0) is 4.79 Å². The molecular weight excluding hydrogens is 367 g/mol. The predicted octanol–water partition coefficient (Wildman–Crippen LogP) is 5.25. The molecule has 3 unspecified atom stereocenters. The standard InChI is InChI=1S/C21H26ClFN2O2/c1-12-16(11-24)18(15-7-6-14(23)10-17(15)22)21(19(26)27,13(2)25-12)9-8-20(3,4)5/h6-7,10,13,18,25H,8-9H2,1-5H3,(H,26,27). The molecule has 0 amide bonds. The van der Waals surface area contributed by atoms with Crippen LogP contribution in [0.1, 0.15) is 58.9 Å². The van der Waals surface area contributed by atoms with E-state index >= 15 is 0 Å². The number of allylic oxidation sites excluding steroid dienone is 2. The van der Waals surface area contributed by atoms with Gasteiger partial charge in [-0.1, -0.05) is 38.4 Å². The zero-order valence-electron chi connectivity index (χ0n) is 16.4. The van der Waals surface area contributed by atoms with Crippen LogP contribution in [0.25, 0.3) is 0 Å². The molecular formula is C21H26ClFN2O2. The molecule has 1 aromatic rings. The van der Waals surface area contributed by atoms with Crippen LogP contribution in [0.15, 0.2) is 29.5 Å². The van der Waals surface area contributed by atoms with Crippen LogP contribution in [-0.4, -0.2) is 17.1 Å². The molecule has 1 aromatic carbocycles. The normalized spacial score (nSPS) is 25.7. The first-order valence-corrected chi connectivity index (χ1v) is 9.37. The van der Waals surface area contributed by atoms with Gasteiger partial charge < -0.3 is 10.4 Å². The number of rotatable bonds is 4. The molecule has 2 N–H and O–H groups in total. The molecule has 1 heterocycles. The Morgan fingerprint density at radius 1 is 1.44 bits per heavy atom. The van der Waals surface area contributed by atoms with Crippen LogP contribution >= 0.6 is 11.6 Å². The molecule has 1 aliphatic heterocycles. The lowest BCUT2D eigenvalue weighted by Gasteiger charge is -2.47. The van der Waals surface area contributed by atoms with Crippen molar-refractivity contribution in [1.29, 1.82) is 5.26 Å². The SMILES string of the molecule is CC1=C(C#N)C(c2ccc(F)cc2Cl)C(CCC(C)(C)C)(C(=O)O)C(C)N1. The van der Waals surface area contributed by atoms with Gasteiger partial charge in [0.25, 0.3) is 0 Å². The zero-order chi connectivity index (χ0) is 20.6. The van der Waals surface area contributed by atoms with Crippen molar-refractivity contribution in [3.05, 3.63) is 45.9 Å². The molecule has 0 aliphatic carbocycles. The largest absolute Gasteiger partial charge is 0.481 e. The minimum Gasteiger partial charge on any atom is -0.481 e. The van der Waals surface area contributed by atoms with Gasteiger partial charge in [-0.2, -0.15) is 5.26 Å². The van der Waals surface area contributed by atoms with Gasteiger partial charge in [0.15, 0.2) is 0 Å². The van der Waals surface area contributed by atoms with Crippen molar-refractivity contribution in [2.24, 2.45) is 10.8 Å². The number of carbonyl (C=O) groups is 1.